The van der Waals surface area contributed by atoms with Crippen molar-refractivity contribution in [1.82, 2.24) is 0 Å². The molecule has 0 fully saturated rings. The molecule has 0 saturated carbocycles. The van der Waals surface area contributed by atoms with E-state index < -0.39 is 23.3 Å². The Hall–Kier alpha value is -1.95. The summed E-state index contributed by atoms with van der Waals surface area (Å²) in [6, 6.07) is 3.57. The van der Waals surface area contributed by atoms with Gasteiger partial charge in [0.15, 0.2) is 17.5 Å². The zero-order chi connectivity index (χ0) is 14.2. The van der Waals surface area contributed by atoms with E-state index in [4.69, 9.17) is 17.3 Å². The van der Waals surface area contributed by atoms with Gasteiger partial charge in [0.25, 0.3) is 0 Å². The van der Waals surface area contributed by atoms with E-state index in [1.54, 1.807) is 0 Å². The zero-order valence-electron chi connectivity index (χ0n) is 9.28. The summed E-state index contributed by atoms with van der Waals surface area (Å²) in [4.78, 5) is 0. The molecule has 3 N–H and O–H groups in total. The summed E-state index contributed by atoms with van der Waals surface area (Å²) in [6.45, 7) is 0. The van der Waals surface area contributed by atoms with Crippen molar-refractivity contribution >= 4 is 28.7 Å². The lowest BCUT2D eigenvalue weighted by atomic mass is 10.2. The maximum absolute atomic E-state index is 13.2. The normalized spacial score (nSPS) is 10.6. The van der Waals surface area contributed by atoms with Crippen LogP contribution in [0.1, 0.15) is 0 Å². The second-order valence-electron chi connectivity index (χ2n) is 3.73. The number of halogens is 5. The predicted octanol–water partition coefficient (Wildman–Crippen LogP) is 4.22. The van der Waals surface area contributed by atoms with Crippen LogP contribution in [-0.2, 0) is 0 Å². The quantitative estimate of drug-likeness (QED) is 0.494. The lowest BCUT2D eigenvalue weighted by Gasteiger charge is -2.11. The standard InChI is InChI=1S/C12H7ClF4N2/c13-6-3-10(18)11(4-7(6)14)19-5-1-8(15)12(17)9(16)2-5/h1-4,19H,18H2. The van der Waals surface area contributed by atoms with Gasteiger partial charge in [-0.15, -0.1) is 0 Å². The predicted molar refractivity (Wildman–Crippen MR) is 65.4 cm³/mol. The van der Waals surface area contributed by atoms with Crippen LogP contribution in [0.3, 0.4) is 0 Å². The summed E-state index contributed by atoms with van der Waals surface area (Å²) in [6.07, 6.45) is 0. The second kappa shape index (κ2) is 4.97. The molecule has 0 spiro atoms. The highest BCUT2D eigenvalue weighted by Crippen LogP contribution is 2.29. The molecule has 0 unspecified atom stereocenters. The second-order valence-corrected chi connectivity index (χ2v) is 4.14. The monoisotopic (exact) mass is 290 g/mol. The van der Waals surface area contributed by atoms with Crippen LogP contribution in [0.4, 0.5) is 34.6 Å². The first-order chi connectivity index (χ1) is 8.88. The largest absolute Gasteiger partial charge is 0.397 e. The first-order valence-corrected chi connectivity index (χ1v) is 5.42. The van der Waals surface area contributed by atoms with E-state index >= 15 is 0 Å². The Morgan fingerprint density at radius 3 is 2.05 bits per heavy atom. The summed E-state index contributed by atoms with van der Waals surface area (Å²) < 4.78 is 52.0. The zero-order valence-corrected chi connectivity index (χ0v) is 10.0. The van der Waals surface area contributed by atoms with E-state index in [1.165, 1.54) is 0 Å². The Labute approximate surface area is 110 Å². The summed E-state index contributed by atoms with van der Waals surface area (Å²) in [7, 11) is 0. The van der Waals surface area contributed by atoms with Crippen LogP contribution in [0, 0.1) is 23.3 Å². The molecular formula is C12H7ClF4N2. The maximum Gasteiger partial charge on any atom is 0.194 e. The molecule has 19 heavy (non-hydrogen) atoms. The molecule has 0 amide bonds. The van der Waals surface area contributed by atoms with E-state index in [-0.39, 0.29) is 22.1 Å². The highest BCUT2D eigenvalue weighted by Gasteiger charge is 2.12. The minimum atomic E-state index is -1.58. The Kier molecular flexibility index (Phi) is 3.53. The van der Waals surface area contributed by atoms with Gasteiger partial charge in [0, 0.05) is 23.9 Å². The molecule has 2 nitrogen and oxygen atoms in total. The highest BCUT2D eigenvalue weighted by molar-refractivity contribution is 6.31. The van der Waals surface area contributed by atoms with Crippen molar-refractivity contribution in [3.63, 3.8) is 0 Å². The fourth-order valence-electron chi connectivity index (χ4n) is 1.45. The smallest absolute Gasteiger partial charge is 0.194 e. The van der Waals surface area contributed by atoms with Gasteiger partial charge in [-0.05, 0) is 6.07 Å². The van der Waals surface area contributed by atoms with Crippen molar-refractivity contribution in [2.24, 2.45) is 0 Å². The van der Waals surface area contributed by atoms with Crippen LogP contribution >= 0.6 is 11.6 Å². The average Bonchev–Trinajstić information content (AvgIpc) is 2.33. The van der Waals surface area contributed by atoms with Crippen molar-refractivity contribution in [2.75, 3.05) is 11.1 Å². The molecule has 0 bridgehead atoms. The number of nitrogens with two attached hydrogens (primary N) is 1. The minimum absolute atomic E-state index is 0.0623. The van der Waals surface area contributed by atoms with Crippen molar-refractivity contribution in [3.05, 3.63) is 52.6 Å². The van der Waals surface area contributed by atoms with Gasteiger partial charge in [-0.1, -0.05) is 11.6 Å². The van der Waals surface area contributed by atoms with Crippen LogP contribution in [0.5, 0.6) is 0 Å². The fourth-order valence-corrected chi connectivity index (χ4v) is 1.63. The van der Waals surface area contributed by atoms with E-state index in [0.29, 0.717) is 0 Å². The van der Waals surface area contributed by atoms with E-state index in [0.717, 1.165) is 24.3 Å². The number of hydrogen-bond donors (Lipinski definition) is 2. The lowest BCUT2D eigenvalue weighted by Crippen LogP contribution is -2.00. The molecule has 0 saturated heterocycles. The Morgan fingerprint density at radius 1 is 0.895 bits per heavy atom. The van der Waals surface area contributed by atoms with E-state index in [1.807, 2.05) is 0 Å². The molecule has 0 aliphatic heterocycles. The molecule has 7 heteroatoms. The first kappa shape index (κ1) is 13.5. The molecule has 0 heterocycles. The summed E-state index contributed by atoms with van der Waals surface area (Å²) in [5, 5.41) is 2.30. The van der Waals surface area contributed by atoms with E-state index in [9.17, 15) is 17.6 Å². The Balaban J connectivity index is 2.39. The molecule has 0 atom stereocenters. The Morgan fingerprint density at radius 2 is 1.47 bits per heavy atom. The molecule has 0 aliphatic rings. The van der Waals surface area contributed by atoms with Crippen molar-refractivity contribution in [3.8, 4) is 0 Å². The molecule has 0 radical (unpaired) electrons. The van der Waals surface area contributed by atoms with Gasteiger partial charge in [-0.3, -0.25) is 0 Å². The van der Waals surface area contributed by atoms with Crippen LogP contribution in [0.25, 0.3) is 0 Å². The van der Waals surface area contributed by atoms with Crippen molar-refractivity contribution < 1.29 is 17.6 Å². The fraction of sp³-hybridized carbons (Fsp3) is 0. The number of benzene rings is 2. The third kappa shape index (κ3) is 2.73. The van der Waals surface area contributed by atoms with Crippen LogP contribution < -0.4 is 11.1 Å². The lowest BCUT2D eigenvalue weighted by molar-refractivity contribution is 0.448. The van der Waals surface area contributed by atoms with Gasteiger partial charge in [-0.2, -0.15) is 0 Å². The third-order valence-corrected chi connectivity index (χ3v) is 2.64. The van der Waals surface area contributed by atoms with Gasteiger partial charge < -0.3 is 11.1 Å². The molecule has 0 aromatic heterocycles. The summed E-state index contributed by atoms with van der Waals surface area (Å²) in [5.74, 6) is -5.06. The molecule has 100 valence electrons. The van der Waals surface area contributed by atoms with Crippen LogP contribution in [0.2, 0.25) is 5.02 Å². The van der Waals surface area contributed by atoms with E-state index in [2.05, 4.69) is 5.32 Å². The maximum atomic E-state index is 13.2. The number of anilines is 3. The number of nitrogens with one attached hydrogen (secondary N) is 1. The van der Waals surface area contributed by atoms with Crippen LogP contribution in [0.15, 0.2) is 24.3 Å². The summed E-state index contributed by atoms with van der Waals surface area (Å²) >= 11 is 5.51. The topological polar surface area (TPSA) is 38.0 Å². The SMILES string of the molecule is Nc1cc(Cl)c(F)cc1Nc1cc(F)c(F)c(F)c1. The van der Waals surface area contributed by atoms with Gasteiger partial charge in [0.05, 0.1) is 16.4 Å². The van der Waals surface area contributed by atoms with Crippen molar-refractivity contribution in [1.29, 1.82) is 0 Å². The van der Waals surface area contributed by atoms with Crippen molar-refractivity contribution in [2.45, 2.75) is 0 Å². The number of rotatable bonds is 2. The number of nitrogen functional groups attached to an aromatic ring is 1. The van der Waals surface area contributed by atoms with Crippen LogP contribution in [-0.4, -0.2) is 0 Å². The molecule has 2 rings (SSSR count). The molecule has 2 aromatic rings. The highest BCUT2D eigenvalue weighted by atomic mass is 35.5. The summed E-state index contributed by atoms with van der Waals surface area (Å²) in [5.41, 5.74) is 5.60. The molecule has 0 aliphatic carbocycles. The third-order valence-electron chi connectivity index (χ3n) is 2.36. The average molecular weight is 291 g/mol. The van der Waals surface area contributed by atoms with Gasteiger partial charge in [-0.25, -0.2) is 17.6 Å². The Bertz CT molecular complexity index is 623. The van der Waals surface area contributed by atoms with Gasteiger partial charge >= 0.3 is 0 Å². The molecule has 2 aromatic carbocycles. The van der Waals surface area contributed by atoms with Gasteiger partial charge in [0.2, 0.25) is 0 Å². The minimum Gasteiger partial charge on any atom is -0.397 e. The first-order valence-electron chi connectivity index (χ1n) is 5.04. The molecular weight excluding hydrogens is 284 g/mol. The van der Waals surface area contributed by atoms with Gasteiger partial charge in [0.1, 0.15) is 5.82 Å². The number of hydrogen-bond acceptors (Lipinski definition) is 2.